The van der Waals surface area contributed by atoms with Gasteiger partial charge in [0.2, 0.25) is 5.91 Å². The quantitative estimate of drug-likeness (QED) is 0.764. The minimum absolute atomic E-state index is 0.230. The Hall–Kier alpha value is -1.31. The minimum atomic E-state index is 0.230. The van der Waals surface area contributed by atoms with Gasteiger partial charge in [-0.25, -0.2) is 0 Å². The van der Waals surface area contributed by atoms with Crippen LogP contribution in [0.2, 0.25) is 0 Å². The van der Waals surface area contributed by atoms with Gasteiger partial charge < -0.3 is 5.32 Å². The summed E-state index contributed by atoms with van der Waals surface area (Å²) in [5, 5.41) is 2.96. The van der Waals surface area contributed by atoms with E-state index in [9.17, 15) is 4.79 Å². The van der Waals surface area contributed by atoms with Gasteiger partial charge in [0.1, 0.15) is 0 Å². The third kappa shape index (κ3) is 1.62. The minimum Gasteiger partial charge on any atom is -0.356 e. The zero-order valence-electron chi connectivity index (χ0n) is 9.41. The molecule has 1 aliphatic heterocycles. The monoisotopic (exact) mass is 215 g/mol. The van der Waals surface area contributed by atoms with Crippen molar-refractivity contribution in [2.45, 2.75) is 31.6 Å². The Morgan fingerprint density at radius 3 is 2.94 bits per heavy atom. The van der Waals surface area contributed by atoms with E-state index in [1.54, 1.807) is 0 Å². The molecule has 1 aliphatic carbocycles. The number of nitrogens with one attached hydrogen (secondary N) is 1. The lowest BCUT2D eigenvalue weighted by Crippen LogP contribution is -2.20. The summed E-state index contributed by atoms with van der Waals surface area (Å²) in [5.74, 6) is 1.35. The number of rotatable bonds is 1. The Morgan fingerprint density at radius 2 is 2.12 bits per heavy atom. The maximum Gasteiger partial charge on any atom is 0.220 e. The van der Waals surface area contributed by atoms with Crippen LogP contribution in [0, 0.1) is 5.92 Å². The lowest BCUT2D eigenvalue weighted by Gasteiger charge is -2.29. The van der Waals surface area contributed by atoms with Crippen LogP contribution in [0.1, 0.15) is 36.3 Å². The second kappa shape index (κ2) is 3.93. The van der Waals surface area contributed by atoms with Crippen LogP contribution >= 0.6 is 0 Å². The highest BCUT2D eigenvalue weighted by atomic mass is 16.1. The third-order valence-electron chi connectivity index (χ3n) is 3.99. The first kappa shape index (κ1) is 9.88. The fourth-order valence-electron chi connectivity index (χ4n) is 3.19. The first-order valence-corrected chi connectivity index (χ1v) is 6.19. The number of aryl methyl sites for hydroxylation is 1. The van der Waals surface area contributed by atoms with Crippen molar-refractivity contribution in [3.8, 4) is 0 Å². The van der Waals surface area contributed by atoms with E-state index in [1.807, 2.05) is 0 Å². The van der Waals surface area contributed by atoms with Crippen molar-refractivity contribution in [1.82, 2.24) is 5.32 Å². The van der Waals surface area contributed by atoms with E-state index in [2.05, 4.69) is 29.6 Å². The van der Waals surface area contributed by atoms with Gasteiger partial charge in [0, 0.05) is 13.0 Å². The van der Waals surface area contributed by atoms with Gasteiger partial charge in [0.25, 0.3) is 0 Å². The highest BCUT2D eigenvalue weighted by molar-refractivity contribution is 5.78. The molecular weight excluding hydrogens is 198 g/mol. The molecule has 1 aromatic carbocycles. The molecule has 2 unspecified atom stereocenters. The fraction of sp³-hybridized carbons (Fsp3) is 0.500. The molecule has 0 saturated carbocycles. The van der Waals surface area contributed by atoms with E-state index in [-0.39, 0.29) is 5.91 Å². The molecule has 1 amide bonds. The first-order chi connectivity index (χ1) is 7.84. The molecular formula is C14H17NO. The number of amides is 1. The molecule has 0 spiro atoms. The highest BCUT2D eigenvalue weighted by Crippen LogP contribution is 2.39. The molecule has 1 saturated heterocycles. The van der Waals surface area contributed by atoms with Crippen LogP contribution in [-0.4, -0.2) is 12.5 Å². The molecule has 2 heteroatoms. The normalized spacial score (nSPS) is 28.6. The Balaban J connectivity index is 1.90. The molecule has 3 rings (SSSR count). The van der Waals surface area contributed by atoms with Crippen molar-refractivity contribution in [2.24, 2.45) is 5.92 Å². The smallest absolute Gasteiger partial charge is 0.220 e. The molecule has 1 heterocycles. The van der Waals surface area contributed by atoms with Crippen molar-refractivity contribution in [3.05, 3.63) is 35.4 Å². The van der Waals surface area contributed by atoms with Gasteiger partial charge in [-0.05, 0) is 42.2 Å². The average molecular weight is 215 g/mol. The molecule has 1 fully saturated rings. The Labute approximate surface area is 96.1 Å². The lowest BCUT2D eigenvalue weighted by molar-refractivity contribution is -0.119. The molecule has 0 aromatic heterocycles. The molecule has 16 heavy (non-hydrogen) atoms. The number of fused-ring (bicyclic) bond motifs is 1. The van der Waals surface area contributed by atoms with Crippen LogP contribution in [0.4, 0.5) is 0 Å². The van der Waals surface area contributed by atoms with E-state index in [1.165, 1.54) is 30.4 Å². The van der Waals surface area contributed by atoms with Gasteiger partial charge in [-0.3, -0.25) is 4.79 Å². The van der Waals surface area contributed by atoms with E-state index < -0.39 is 0 Å². The van der Waals surface area contributed by atoms with Crippen molar-refractivity contribution < 1.29 is 4.79 Å². The van der Waals surface area contributed by atoms with Crippen LogP contribution in [-0.2, 0) is 11.2 Å². The van der Waals surface area contributed by atoms with Gasteiger partial charge in [-0.1, -0.05) is 24.3 Å². The van der Waals surface area contributed by atoms with Crippen LogP contribution < -0.4 is 5.32 Å². The molecule has 0 radical (unpaired) electrons. The molecule has 84 valence electrons. The largest absolute Gasteiger partial charge is 0.356 e. The maximum atomic E-state index is 11.3. The van der Waals surface area contributed by atoms with Crippen LogP contribution in [0.5, 0.6) is 0 Å². The molecule has 2 aliphatic rings. The molecule has 0 bridgehead atoms. The van der Waals surface area contributed by atoms with E-state index in [0.717, 1.165) is 13.0 Å². The van der Waals surface area contributed by atoms with E-state index in [4.69, 9.17) is 0 Å². The number of benzene rings is 1. The van der Waals surface area contributed by atoms with Crippen molar-refractivity contribution >= 4 is 5.91 Å². The van der Waals surface area contributed by atoms with Gasteiger partial charge >= 0.3 is 0 Å². The Kier molecular flexibility index (Phi) is 2.43. The Morgan fingerprint density at radius 1 is 1.25 bits per heavy atom. The summed E-state index contributed by atoms with van der Waals surface area (Å²) < 4.78 is 0. The summed E-state index contributed by atoms with van der Waals surface area (Å²) in [7, 11) is 0. The van der Waals surface area contributed by atoms with Gasteiger partial charge in [0.15, 0.2) is 0 Å². The van der Waals surface area contributed by atoms with Crippen LogP contribution in [0.15, 0.2) is 24.3 Å². The van der Waals surface area contributed by atoms with Crippen molar-refractivity contribution in [1.29, 1.82) is 0 Å². The fourth-order valence-corrected chi connectivity index (χ4v) is 3.19. The summed E-state index contributed by atoms with van der Waals surface area (Å²) in [6.45, 7) is 0.873. The predicted octanol–water partition coefficient (Wildman–Crippen LogP) is 2.24. The number of hydrogen-bond acceptors (Lipinski definition) is 1. The van der Waals surface area contributed by atoms with Crippen molar-refractivity contribution in [2.75, 3.05) is 6.54 Å². The summed E-state index contributed by atoms with van der Waals surface area (Å²) in [4.78, 5) is 11.3. The average Bonchev–Trinajstić information content (AvgIpc) is 2.75. The standard InChI is InChI=1S/C14H17NO/c16-14-8-11(9-15-14)13-7-3-5-10-4-1-2-6-12(10)13/h1-2,4,6,11,13H,3,5,7-9H2,(H,15,16). The molecule has 1 aromatic rings. The van der Waals surface area contributed by atoms with Crippen molar-refractivity contribution in [3.63, 3.8) is 0 Å². The van der Waals surface area contributed by atoms with Gasteiger partial charge in [0.05, 0.1) is 0 Å². The summed E-state index contributed by atoms with van der Waals surface area (Å²) >= 11 is 0. The number of hydrogen-bond donors (Lipinski definition) is 1. The SMILES string of the molecule is O=C1CC(C2CCCc3ccccc32)CN1. The zero-order chi connectivity index (χ0) is 11.0. The first-order valence-electron chi connectivity index (χ1n) is 6.19. The lowest BCUT2D eigenvalue weighted by atomic mass is 9.75. The van der Waals surface area contributed by atoms with E-state index >= 15 is 0 Å². The highest BCUT2D eigenvalue weighted by Gasteiger charge is 2.32. The summed E-state index contributed by atoms with van der Waals surface area (Å²) in [6, 6.07) is 8.74. The second-order valence-corrected chi connectivity index (χ2v) is 4.97. The molecule has 1 N–H and O–H groups in total. The number of carbonyl (C=O) groups excluding carboxylic acids is 1. The predicted molar refractivity (Wildman–Crippen MR) is 63.2 cm³/mol. The molecule has 2 atom stereocenters. The molecule has 2 nitrogen and oxygen atoms in total. The maximum absolute atomic E-state index is 11.3. The van der Waals surface area contributed by atoms with Gasteiger partial charge in [-0.2, -0.15) is 0 Å². The summed E-state index contributed by atoms with van der Waals surface area (Å²) in [5.41, 5.74) is 2.99. The second-order valence-electron chi connectivity index (χ2n) is 4.97. The van der Waals surface area contributed by atoms with E-state index in [0.29, 0.717) is 11.8 Å². The zero-order valence-corrected chi connectivity index (χ0v) is 9.41. The topological polar surface area (TPSA) is 29.1 Å². The third-order valence-corrected chi connectivity index (χ3v) is 3.99. The Bertz CT molecular complexity index is 413. The number of carbonyl (C=O) groups is 1. The van der Waals surface area contributed by atoms with Crippen LogP contribution in [0.25, 0.3) is 0 Å². The summed E-state index contributed by atoms with van der Waals surface area (Å²) in [6.07, 6.45) is 4.45. The van der Waals surface area contributed by atoms with Gasteiger partial charge in [-0.15, -0.1) is 0 Å². The van der Waals surface area contributed by atoms with Crippen LogP contribution in [0.3, 0.4) is 0 Å².